The van der Waals surface area contributed by atoms with Crippen molar-refractivity contribution < 1.29 is 27.5 Å². The number of rotatable bonds is 2. The van der Waals surface area contributed by atoms with Crippen molar-refractivity contribution in [3.63, 3.8) is 0 Å². The van der Waals surface area contributed by atoms with Gasteiger partial charge in [-0.15, -0.1) is 11.3 Å². The van der Waals surface area contributed by atoms with E-state index in [1.54, 1.807) is 0 Å². The van der Waals surface area contributed by atoms with E-state index in [0.717, 1.165) is 11.3 Å². The van der Waals surface area contributed by atoms with E-state index in [-0.39, 0.29) is 4.88 Å². The van der Waals surface area contributed by atoms with Crippen molar-refractivity contribution in [1.29, 1.82) is 0 Å². The lowest BCUT2D eigenvalue weighted by molar-refractivity contribution is -0.141. The second kappa shape index (κ2) is 4.29. The highest BCUT2D eigenvalue weighted by Gasteiger charge is 2.41. The molecule has 0 aliphatic rings. The van der Waals surface area contributed by atoms with E-state index in [1.807, 2.05) is 0 Å². The monoisotopic (exact) mass is 297 g/mol. The fourth-order valence-electron chi connectivity index (χ4n) is 1.19. The molecule has 0 atom stereocenters. The van der Waals surface area contributed by atoms with E-state index in [1.165, 1.54) is 12.1 Å². The lowest BCUT2D eigenvalue weighted by atomic mass is 10.3. The first-order chi connectivity index (χ1) is 8.29. The molecule has 0 aliphatic heterocycles. The molecule has 2 aromatic rings. The Morgan fingerprint density at radius 1 is 1.44 bits per heavy atom. The molecule has 2 aromatic heterocycles. The number of carboxylic acids is 1. The van der Waals surface area contributed by atoms with Gasteiger partial charge in [-0.25, -0.2) is 9.78 Å². The number of halogens is 4. The minimum atomic E-state index is -4.89. The number of aromatic nitrogens is 1. The van der Waals surface area contributed by atoms with Gasteiger partial charge in [0.1, 0.15) is 0 Å². The van der Waals surface area contributed by atoms with E-state index >= 15 is 0 Å². The molecule has 0 amide bonds. The molecule has 0 saturated carbocycles. The van der Waals surface area contributed by atoms with Crippen LogP contribution in [0, 0.1) is 0 Å². The topological polar surface area (TPSA) is 63.3 Å². The molecular formula is C9H3ClF3NO3S. The summed E-state index contributed by atoms with van der Waals surface area (Å²) in [6, 6.07) is 2.84. The normalized spacial score (nSPS) is 11.8. The SMILES string of the molecule is O=C(O)c1oc(-c2ccc(Cl)s2)nc1C(F)(F)F. The van der Waals surface area contributed by atoms with Crippen LogP contribution in [0.4, 0.5) is 13.2 Å². The first-order valence-corrected chi connectivity index (χ1v) is 5.55. The molecule has 0 fully saturated rings. The second-order valence-corrected chi connectivity index (χ2v) is 4.82. The number of aromatic carboxylic acids is 1. The summed E-state index contributed by atoms with van der Waals surface area (Å²) in [4.78, 5) is 14.0. The fourth-order valence-corrected chi connectivity index (χ4v) is 2.16. The van der Waals surface area contributed by atoms with Crippen molar-refractivity contribution in [2.75, 3.05) is 0 Å². The first-order valence-electron chi connectivity index (χ1n) is 4.36. The lowest BCUT2D eigenvalue weighted by Crippen LogP contribution is -2.11. The summed E-state index contributed by atoms with van der Waals surface area (Å²) in [6.45, 7) is 0. The summed E-state index contributed by atoms with van der Waals surface area (Å²) in [5.41, 5.74) is -1.56. The number of thiophene rings is 1. The predicted octanol–water partition coefficient (Wildman–Crippen LogP) is 3.77. The maximum atomic E-state index is 12.5. The van der Waals surface area contributed by atoms with E-state index in [2.05, 4.69) is 9.40 Å². The van der Waals surface area contributed by atoms with Gasteiger partial charge in [0.25, 0.3) is 0 Å². The number of hydrogen-bond acceptors (Lipinski definition) is 4. The zero-order valence-corrected chi connectivity index (χ0v) is 9.86. The van der Waals surface area contributed by atoms with Crippen LogP contribution in [0.3, 0.4) is 0 Å². The Balaban J connectivity index is 2.56. The van der Waals surface area contributed by atoms with Crippen molar-refractivity contribution in [3.05, 3.63) is 27.9 Å². The van der Waals surface area contributed by atoms with Crippen LogP contribution in [-0.2, 0) is 6.18 Å². The van der Waals surface area contributed by atoms with Gasteiger partial charge in [-0.05, 0) is 12.1 Å². The maximum Gasteiger partial charge on any atom is 0.437 e. The van der Waals surface area contributed by atoms with Gasteiger partial charge in [0, 0.05) is 0 Å². The molecule has 9 heteroatoms. The minimum absolute atomic E-state index is 0.220. The third-order valence-corrected chi connectivity index (χ3v) is 3.09. The van der Waals surface area contributed by atoms with Gasteiger partial charge in [0.05, 0.1) is 9.21 Å². The average molecular weight is 298 g/mol. The highest BCUT2D eigenvalue weighted by atomic mass is 35.5. The molecule has 0 saturated heterocycles. The van der Waals surface area contributed by atoms with Gasteiger partial charge in [-0.2, -0.15) is 13.2 Å². The molecule has 0 aliphatic carbocycles. The summed E-state index contributed by atoms with van der Waals surface area (Å²) in [5.74, 6) is -3.48. The molecule has 18 heavy (non-hydrogen) atoms. The van der Waals surface area contributed by atoms with Gasteiger partial charge >= 0.3 is 12.1 Å². The second-order valence-electron chi connectivity index (χ2n) is 3.10. The minimum Gasteiger partial charge on any atom is -0.475 e. The lowest BCUT2D eigenvalue weighted by Gasteiger charge is -2.00. The van der Waals surface area contributed by atoms with E-state index in [0.29, 0.717) is 4.34 Å². The van der Waals surface area contributed by atoms with Crippen molar-refractivity contribution in [1.82, 2.24) is 4.98 Å². The molecule has 0 spiro atoms. The van der Waals surface area contributed by atoms with Gasteiger partial charge in [0.2, 0.25) is 11.7 Å². The molecule has 4 nitrogen and oxygen atoms in total. The van der Waals surface area contributed by atoms with Gasteiger partial charge in [0.15, 0.2) is 5.69 Å². The molecule has 2 heterocycles. The quantitative estimate of drug-likeness (QED) is 0.916. The standard InChI is InChI=1S/C9H3ClF3NO3S/c10-4-2-1-3(18-4)7-14-6(9(11,12)13)5(17-7)8(15)16/h1-2H,(H,15,16). The zero-order chi connectivity index (χ0) is 13.5. The Morgan fingerprint density at radius 3 is 2.50 bits per heavy atom. The average Bonchev–Trinajstić information content (AvgIpc) is 2.81. The Kier molecular flexibility index (Phi) is 3.07. The predicted molar refractivity (Wildman–Crippen MR) is 56.8 cm³/mol. The molecule has 1 N–H and O–H groups in total. The van der Waals surface area contributed by atoms with Crippen LogP contribution in [0.2, 0.25) is 4.34 Å². The van der Waals surface area contributed by atoms with Gasteiger partial charge in [-0.3, -0.25) is 0 Å². The van der Waals surface area contributed by atoms with Crippen LogP contribution in [0.15, 0.2) is 16.5 Å². The Bertz CT molecular complexity index is 604. The third kappa shape index (κ3) is 2.34. The smallest absolute Gasteiger partial charge is 0.437 e. The van der Waals surface area contributed by atoms with E-state index in [9.17, 15) is 18.0 Å². The Hall–Kier alpha value is -1.54. The summed E-state index contributed by atoms with van der Waals surface area (Å²) in [7, 11) is 0. The number of hydrogen-bond donors (Lipinski definition) is 1. The molecule has 96 valence electrons. The number of carboxylic acid groups (broad SMARTS) is 1. The highest BCUT2D eigenvalue weighted by molar-refractivity contribution is 7.19. The summed E-state index contributed by atoms with van der Waals surface area (Å²) in [6.07, 6.45) is -4.89. The van der Waals surface area contributed by atoms with Gasteiger partial charge < -0.3 is 9.52 Å². The van der Waals surface area contributed by atoms with Gasteiger partial charge in [-0.1, -0.05) is 11.6 Å². The van der Waals surface area contributed by atoms with E-state index in [4.69, 9.17) is 16.7 Å². The molecule has 0 radical (unpaired) electrons. The molecule has 2 rings (SSSR count). The number of nitrogens with zero attached hydrogens (tertiary/aromatic N) is 1. The number of alkyl halides is 3. The molecule has 0 bridgehead atoms. The van der Waals surface area contributed by atoms with Crippen LogP contribution in [0.5, 0.6) is 0 Å². The Labute approximate surface area is 107 Å². The maximum absolute atomic E-state index is 12.5. The van der Waals surface area contributed by atoms with Crippen molar-refractivity contribution in [2.24, 2.45) is 0 Å². The summed E-state index contributed by atoms with van der Waals surface area (Å²) in [5, 5.41) is 8.64. The molecule has 0 aromatic carbocycles. The van der Waals surface area contributed by atoms with Crippen molar-refractivity contribution in [2.45, 2.75) is 6.18 Å². The zero-order valence-electron chi connectivity index (χ0n) is 8.29. The fraction of sp³-hybridized carbons (Fsp3) is 0.111. The van der Waals surface area contributed by atoms with Crippen molar-refractivity contribution >= 4 is 28.9 Å². The summed E-state index contributed by atoms with van der Waals surface area (Å²) >= 11 is 6.55. The molecular weight excluding hydrogens is 295 g/mol. The number of oxazole rings is 1. The van der Waals surface area contributed by atoms with E-state index < -0.39 is 29.5 Å². The van der Waals surface area contributed by atoms with Crippen LogP contribution < -0.4 is 0 Å². The first kappa shape index (κ1) is 12.9. The molecule has 0 unspecified atom stereocenters. The van der Waals surface area contributed by atoms with Crippen LogP contribution in [-0.4, -0.2) is 16.1 Å². The van der Waals surface area contributed by atoms with Crippen LogP contribution in [0.25, 0.3) is 10.8 Å². The van der Waals surface area contributed by atoms with Crippen LogP contribution in [0.1, 0.15) is 16.2 Å². The largest absolute Gasteiger partial charge is 0.475 e. The van der Waals surface area contributed by atoms with Crippen LogP contribution >= 0.6 is 22.9 Å². The number of carbonyl (C=O) groups is 1. The Morgan fingerprint density at radius 2 is 2.11 bits per heavy atom. The highest BCUT2D eigenvalue weighted by Crippen LogP contribution is 2.37. The summed E-state index contributed by atoms with van der Waals surface area (Å²) < 4.78 is 42.6. The van der Waals surface area contributed by atoms with Crippen molar-refractivity contribution in [3.8, 4) is 10.8 Å². The third-order valence-electron chi connectivity index (χ3n) is 1.87.